The molecule has 136 valence electrons. The van der Waals surface area contributed by atoms with E-state index in [1.165, 1.54) is 5.56 Å². The quantitative estimate of drug-likeness (QED) is 0.312. The van der Waals surface area contributed by atoms with Gasteiger partial charge in [-0.3, -0.25) is 14.5 Å². The van der Waals surface area contributed by atoms with Crippen molar-refractivity contribution in [2.24, 2.45) is 0 Å². The third-order valence-electron chi connectivity index (χ3n) is 4.43. The van der Waals surface area contributed by atoms with E-state index in [0.29, 0.717) is 5.39 Å². The summed E-state index contributed by atoms with van der Waals surface area (Å²) in [6.45, 7) is 2.04. The Kier molecular flexibility index (Phi) is 5.07. The van der Waals surface area contributed by atoms with Crippen LogP contribution in [0.3, 0.4) is 0 Å². The van der Waals surface area contributed by atoms with Crippen LogP contribution in [-0.2, 0) is 6.42 Å². The van der Waals surface area contributed by atoms with E-state index in [0.717, 1.165) is 40.5 Å². The number of nitrogens with zero attached hydrogens (tertiary/aromatic N) is 3. The maximum atomic E-state index is 13.2. The smallest absolute Gasteiger partial charge is 0.266 e. The number of benzene rings is 2. The molecule has 0 bridgehead atoms. The highest BCUT2D eigenvalue weighted by molar-refractivity contribution is 7.99. The van der Waals surface area contributed by atoms with Gasteiger partial charge < -0.3 is 0 Å². The summed E-state index contributed by atoms with van der Waals surface area (Å²) in [6, 6.07) is 15.5. The molecule has 0 saturated heterocycles. The minimum atomic E-state index is -0.0261. The summed E-state index contributed by atoms with van der Waals surface area (Å²) in [4.78, 5) is 17.9. The van der Waals surface area contributed by atoms with Crippen LogP contribution >= 0.6 is 11.8 Å². The number of aromatic amines is 1. The predicted octanol–water partition coefficient (Wildman–Crippen LogP) is 4.14. The van der Waals surface area contributed by atoms with Crippen LogP contribution in [0.15, 0.2) is 70.9 Å². The van der Waals surface area contributed by atoms with Crippen LogP contribution < -0.4 is 5.56 Å². The summed E-state index contributed by atoms with van der Waals surface area (Å²) in [5.74, 6) is 0.877. The van der Waals surface area contributed by atoms with Crippen LogP contribution in [0.25, 0.3) is 16.6 Å². The van der Waals surface area contributed by atoms with Gasteiger partial charge in [0.25, 0.3) is 5.56 Å². The molecule has 0 unspecified atom stereocenters. The zero-order valence-electron chi connectivity index (χ0n) is 15.1. The van der Waals surface area contributed by atoms with E-state index in [9.17, 15) is 4.79 Å². The van der Waals surface area contributed by atoms with Crippen molar-refractivity contribution in [3.05, 3.63) is 82.4 Å². The fraction of sp³-hybridized carbons (Fsp3) is 0.190. The van der Waals surface area contributed by atoms with E-state index < -0.39 is 0 Å². The highest BCUT2D eigenvalue weighted by atomic mass is 32.2. The fourth-order valence-corrected chi connectivity index (χ4v) is 3.94. The van der Waals surface area contributed by atoms with Crippen molar-refractivity contribution < 1.29 is 0 Å². The Morgan fingerprint density at radius 2 is 1.93 bits per heavy atom. The minimum absolute atomic E-state index is 0.0261. The Bertz CT molecular complexity index is 1100. The molecule has 4 aromatic rings. The van der Waals surface area contributed by atoms with Crippen molar-refractivity contribution >= 4 is 22.7 Å². The fourth-order valence-electron chi connectivity index (χ4n) is 2.98. The highest BCUT2D eigenvalue weighted by Crippen LogP contribution is 2.22. The number of H-pyrrole nitrogens is 1. The molecule has 6 heteroatoms. The lowest BCUT2D eigenvalue weighted by Crippen LogP contribution is -2.21. The second-order valence-electron chi connectivity index (χ2n) is 6.45. The monoisotopic (exact) mass is 376 g/mol. The molecule has 5 nitrogen and oxygen atoms in total. The highest BCUT2D eigenvalue weighted by Gasteiger charge is 2.13. The van der Waals surface area contributed by atoms with Crippen LogP contribution in [0, 0.1) is 6.92 Å². The molecular weight excluding hydrogens is 356 g/mol. The van der Waals surface area contributed by atoms with E-state index in [4.69, 9.17) is 4.98 Å². The summed E-state index contributed by atoms with van der Waals surface area (Å²) < 4.78 is 1.73. The van der Waals surface area contributed by atoms with Gasteiger partial charge >= 0.3 is 0 Å². The Morgan fingerprint density at radius 3 is 2.70 bits per heavy atom. The third kappa shape index (κ3) is 3.80. The van der Waals surface area contributed by atoms with Gasteiger partial charge in [-0.1, -0.05) is 41.6 Å². The van der Waals surface area contributed by atoms with Gasteiger partial charge in [0.15, 0.2) is 5.16 Å². The van der Waals surface area contributed by atoms with Crippen LogP contribution in [0.2, 0.25) is 0 Å². The third-order valence-corrected chi connectivity index (χ3v) is 5.46. The van der Waals surface area contributed by atoms with Crippen molar-refractivity contribution in [2.45, 2.75) is 24.9 Å². The first-order chi connectivity index (χ1) is 13.2. The number of para-hydroxylation sites is 1. The summed E-state index contributed by atoms with van der Waals surface area (Å²) in [7, 11) is 0. The number of fused-ring (bicyclic) bond motifs is 1. The standard InChI is InChI=1S/C21H20N4OS/c1-15-8-10-17(11-9-15)25-20(26)18-6-2-3-7-19(18)24-21(25)27-12-4-5-16-13-22-23-14-16/h2-3,6-11,13-14H,4-5,12H2,1H3,(H,22,23). The maximum absolute atomic E-state index is 13.2. The number of rotatable bonds is 6. The van der Waals surface area contributed by atoms with E-state index in [1.807, 2.05) is 67.8 Å². The number of aryl methyl sites for hydroxylation is 2. The molecular formula is C21H20N4OS. The van der Waals surface area contributed by atoms with Crippen molar-refractivity contribution in [3.8, 4) is 5.69 Å². The van der Waals surface area contributed by atoms with Gasteiger partial charge in [-0.05, 0) is 49.6 Å². The molecule has 0 aliphatic rings. The van der Waals surface area contributed by atoms with E-state index >= 15 is 0 Å². The zero-order valence-corrected chi connectivity index (χ0v) is 15.9. The molecule has 2 aromatic heterocycles. The van der Waals surface area contributed by atoms with Gasteiger partial charge in [0.05, 0.1) is 22.8 Å². The van der Waals surface area contributed by atoms with Crippen molar-refractivity contribution in [2.75, 3.05) is 5.75 Å². The summed E-state index contributed by atoms with van der Waals surface area (Å²) in [5, 5.41) is 8.18. The average molecular weight is 376 g/mol. The van der Waals surface area contributed by atoms with E-state index in [-0.39, 0.29) is 5.56 Å². The first kappa shape index (κ1) is 17.5. The first-order valence-corrected chi connectivity index (χ1v) is 9.90. The van der Waals surface area contributed by atoms with E-state index in [1.54, 1.807) is 16.3 Å². The molecule has 4 rings (SSSR count). The minimum Gasteiger partial charge on any atom is -0.285 e. The number of nitrogens with one attached hydrogen (secondary N) is 1. The lowest BCUT2D eigenvalue weighted by molar-refractivity contribution is 0.816. The molecule has 27 heavy (non-hydrogen) atoms. The first-order valence-electron chi connectivity index (χ1n) is 8.92. The number of hydrogen-bond donors (Lipinski definition) is 1. The molecule has 2 aromatic carbocycles. The molecule has 0 atom stereocenters. The van der Waals surface area contributed by atoms with Gasteiger partial charge in [0, 0.05) is 11.9 Å². The SMILES string of the molecule is Cc1ccc(-n2c(SCCCc3cn[nH]c3)nc3ccccc3c2=O)cc1. The van der Waals surface area contributed by atoms with Gasteiger partial charge in [-0.25, -0.2) is 4.98 Å². The van der Waals surface area contributed by atoms with Gasteiger partial charge in [-0.2, -0.15) is 5.10 Å². The Balaban J connectivity index is 1.67. The lowest BCUT2D eigenvalue weighted by Gasteiger charge is -2.13. The number of aromatic nitrogens is 4. The predicted molar refractivity (Wildman–Crippen MR) is 110 cm³/mol. The lowest BCUT2D eigenvalue weighted by atomic mass is 10.2. The summed E-state index contributed by atoms with van der Waals surface area (Å²) in [5.41, 5.74) is 3.92. The van der Waals surface area contributed by atoms with Crippen LogP contribution in [0.4, 0.5) is 0 Å². The van der Waals surface area contributed by atoms with Gasteiger partial charge in [-0.15, -0.1) is 0 Å². The molecule has 0 spiro atoms. The maximum Gasteiger partial charge on any atom is 0.266 e. The van der Waals surface area contributed by atoms with Crippen LogP contribution in [-0.4, -0.2) is 25.5 Å². The van der Waals surface area contributed by atoms with E-state index in [2.05, 4.69) is 10.2 Å². The Hall–Kier alpha value is -2.86. The molecule has 2 heterocycles. The summed E-state index contributed by atoms with van der Waals surface area (Å²) in [6.07, 6.45) is 5.70. The molecule has 0 aliphatic carbocycles. The molecule has 1 N–H and O–H groups in total. The van der Waals surface area contributed by atoms with Gasteiger partial charge in [0.2, 0.25) is 0 Å². The van der Waals surface area contributed by atoms with Crippen LogP contribution in [0.1, 0.15) is 17.5 Å². The molecule has 0 radical (unpaired) electrons. The second-order valence-corrected chi connectivity index (χ2v) is 7.51. The normalized spacial score (nSPS) is 11.1. The molecule has 0 fully saturated rings. The zero-order chi connectivity index (χ0) is 18.6. The van der Waals surface area contributed by atoms with Gasteiger partial charge in [0.1, 0.15) is 0 Å². The van der Waals surface area contributed by atoms with Crippen molar-refractivity contribution in [1.82, 2.24) is 19.7 Å². The van der Waals surface area contributed by atoms with Crippen LogP contribution in [0.5, 0.6) is 0 Å². The topological polar surface area (TPSA) is 63.6 Å². The molecule has 0 aliphatic heterocycles. The molecule has 0 amide bonds. The van der Waals surface area contributed by atoms with Crippen molar-refractivity contribution in [1.29, 1.82) is 0 Å². The summed E-state index contributed by atoms with van der Waals surface area (Å²) >= 11 is 1.62. The number of thioether (sulfide) groups is 1. The second kappa shape index (κ2) is 7.80. The largest absolute Gasteiger partial charge is 0.285 e. The average Bonchev–Trinajstić information content (AvgIpc) is 3.20. The van der Waals surface area contributed by atoms with Crippen molar-refractivity contribution in [3.63, 3.8) is 0 Å². The Labute approximate surface area is 161 Å². The Morgan fingerprint density at radius 1 is 1.11 bits per heavy atom. The molecule has 0 saturated carbocycles. The number of hydrogen-bond acceptors (Lipinski definition) is 4.